The van der Waals surface area contributed by atoms with Crippen LogP contribution >= 0.6 is 0 Å². The second-order valence-corrected chi connectivity index (χ2v) is 4.48. The molecular weight excluding hydrogens is 200 g/mol. The molecule has 0 radical (unpaired) electrons. The van der Waals surface area contributed by atoms with Crippen LogP contribution < -0.4 is 11.1 Å². The highest BCUT2D eigenvalue weighted by Gasteiger charge is 1.98. The van der Waals surface area contributed by atoms with Gasteiger partial charge in [0, 0.05) is 35.4 Å². The molecule has 0 fully saturated rings. The van der Waals surface area contributed by atoms with Crippen molar-refractivity contribution in [2.24, 2.45) is 0 Å². The molecule has 1 aromatic rings. The number of rotatable bonds is 4. The van der Waals surface area contributed by atoms with Gasteiger partial charge in [-0.3, -0.25) is 4.21 Å². The second-order valence-electron chi connectivity index (χ2n) is 2.93. The summed E-state index contributed by atoms with van der Waals surface area (Å²) in [4.78, 5) is 8.07. The summed E-state index contributed by atoms with van der Waals surface area (Å²) in [5.74, 6) is 2.35. The third kappa shape index (κ3) is 3.69. The van der Waals surface area contributed by atoms with Gasteiger partial charge in [-0.1, -0.05) is 0 Å². The second kappa shape index (κ2) is 4.90. The first-order valence-corrected chi connectivity index (χ1v) is 5.95. The smallest absolute Gasteiger partial charge is 0.131 e. The number of aryl methyl sites for hydroxylation is 1. The standard InChI is InChI=1S/C8H14N4OS/c1-6-11-7(9)5-8(12-6)10-3-4-14(2)13/h5H,3-4H2,1-2H3,(H3,9,10,11,12). The van der Waals surface area contributed by atoms with E-state index in [0.717, 1.165) is 0 Å². The molecule has 0 aliphatic rings. The molecule has 78 valence electrons. The number of aromatic nitrogens is 2. The first-order valence-electron chi connectivity index (χ1n) is 4.23. The molecule has 0 aliphatic heterocycles. The normalized spacial score (nSPS) is 12.4. The van der Waals surface area contributed by atoms with Crippen LogP contribution in [0.3, 0.4) is 0 Å². The van der Waals surface area contributed by atoms with Gasteiger partial charge in [0.25, 0.3) is 0 Å². The lowest BCUT2D eigenvalue weighted by Gasteiger charge is -2.05. The summed E-state index contributed by atoms with van der Waals surface area (Å²) in [5.41, 5.74) is 5.54. The topological polar surface area (TPSA) is 80.9 Å². The minimum Gasteiger partial charge on any atom is -0.384 e. The molecule has 6 heteroatoms. The van der Waals surface area contributed by atoms with E-state index in [1.54, 1.807) is 19.2 Å². The van der Waals surface area contributed by atoms with Crippen LogP contribution in [-0.4, -0.2) is 32.7 Å². The Balaban J connectivity index is 2.54. The van der Waals surface area contributed by atoms with Crippen molar-refractivity contribution in [1.29, 1.82) is 0 Å². The SMILES string of the molecule is Cc1nc(N)cc(NCCS(C)=O)n1. The fourth-order valence-electron chi connectivity index (χ4n) is 1.00. The van der Waals surface area contributed by atoms with Crippen LogP contribution in [0.4, 0.5) is 11.6 Å². The molecule has 5 nitrogen and oxygen atoms in total. The Kier molecular flexibility index (Phi) is 3.82. The summed E-state index contributed by atoms with van der Waals surface area (Å²) in [5, 5.41) is 3.03. The third-order valence-electron chi connectivity index (χ3n) is 1.55. The van der Waals surface area contributed by atoms with Crippen molar-refractivity contribution < 1.29 is 4.21 Å². The van der Waals surface area contributed by atoms with Gasteiger partial charge in [-0.15, -0.1) is 0 Å². The summed E-state index contributed by atoms with van der Waals surface area (Å²) in [7, 11) is -0.787. The highest BCUT2D eigenvalue weighted by atomic mass is 32.2. The van der Waals surface area contributed by atoms with E-state index in [-0.39, 0.29) is 0 Å². The van der Waals surface area contributed by atoms with Gasteiger partial charge in [0.1, 0.15) is 17.5 Å². The van der Waals surface area contributed by atoms with E-state index >= 15 is 0 Å². The van der Waals surface area contributed by atoms with E-state index in [1.807, 2.05) is 0 Å². The quantitative estimate of drug-likeness (QED) is 0.746. The van der Waals surface area contributed by atoms with E-state index in [0.29, 0.717) is 29.8 Å². The van der Waals surface area contributed by atoms with Crippen molar-refractivity contribution in [2.75, 3.05) is 29.6 Å². The molecule has 0 bridgehead atoms. The number of nitrogens with one attached hydrogen (secondary N) is 1. The molecular formula is C8H14N4OS. The highest BCUT2D eigenvalue weighted by molar-refractivity contribution is 7.84. The maximum atomic E-state index is 10.8. The van der Waals surface area contributed by atoms with Gasteiger partial charge >= 0.3 is 0 Å². The number of hydrogen-bond acceptors (Lipinski definition) is 5. The van der Waals surface area contributed by atoms with Crippen molar-refractivity contribution >= 4 is 22.4 Å². The van der Waals surface area contributed by atoms with Crippen molar-refractivity contribution in [3.8, 4) is 0 Å². The Labute approximate surface area is 85.6 Å². The van der Waals surface area contributed by atoms with Gasteiger partial charge in [-0.05, 0) is 6.92 Å². The number of nitrogens with two attached hydrogens (primary N) is 1. The predicted octanol–water partition coefficient (Wildman–Crippen LogP) is 0.158. The molecule has 1 atom stereocenters. The minimum absolute atomic E-state index is 0.442. The van der Waals surface area contributed by atoms with Gasteiger partial charge in [-0.2, -0.15) is 0 Å². The summed E-state index contributed by atoms with van der Waals surface area (Å²) >= 11 is 0. The zero-order valence-corrected chi connectivity index (χ0v) is 9.10. The first kappa shape index (κ1) is 10.9. The third-order valence-corrected chi connectivity index (χ3v) is 2.33. The van der Waals surface area contributed by atoms with E-state index in [9.17, 15) is 4.21 Å². The highest BCUT2D eigenvalue weighted by Crippen LogP contribution is 2.06. The number of nitrogens with zero attached hydrogens (tertiary/aromatic N) is 2. The summed E-state index contributed by atoms with van der Waals surface area (Å²) in [6.07, 6.45) is 1.67. The van der Waals surface area contributed by atoms with Crippen LogP contribution in [0.2, 0.25) is 0 Å². The van der Waals surface area contributed by atoms with Gasteiger partial charge in [0.15, 0.2) is 0 Å². The van der Waals surface area contributed by atoms with Crippen molar-refractivity contribution in [3.63, 3.8) is 0 Å². The molecule has 0 saturated carbocycles. The lowest BCUT2D eigenvalue weighted by Crippen LogP contribution is -2.11. The van der Waals surface area contributed by atoms with Gasteiger partial charge in [0.2, 0.25) is 0 Å². The zero-order valence-electron chi connectivity index (χ0n) is 8.28. The van der Waals surface area contributed by atoms with E-state index in [2.05, 4.69) is 15.3 Å². The Hall–Kier alpha value is -1.17. The molecule has 1 unspecified atom stereocenters. The summed E-state index contributed by atoms with van der Waals surface area (Å²) < 4.78 is 10.8. The summed E-state index contributed by atoms with van der Waals surface area (Å²) in [6.45, 7) is 2.40. The van der Waals surface area contributed by atoms with Crippen LogP contribution in [0.5, 0.6) is 0 Å². The molecule has 0 aliphatic carbocycles. The van der Waals surface area contributed by atoms with Crippen molar-refractivity contribution in [2.45, 2.75) is 6.92 Å². The molecule has 1 aromatic heterocycles. The predicted molar refractivity (Wildman–Crippen MR) is 58.6 cm³/mol. The number of anilines is 2. The van der Waals surface area contributed by atoms with Crippen LogP contribution in [-0.2, 0) is 10.8 Å². The fraction of sp³-hybridized carbons (Fsp3) is 0.500. The van der Waals surface area contributed by atoms with Gasteiger partial charge in [0.05, 0.1) is 0 Å². The van der Waals surface area contributed by atoms with Crippen molar-refractivity contribution in [3.05, 3.63) is 11.9 Å². The molecule has 0 spiro atoms. The Bertz CT molecular complexity index is 322. The fourth-order valence-corrected chi connectivity index (χ4v) is 1.39. The minimum atomic E-state index is -0.787. The molecule has 0 saturated heterocycles. The molecule has 14 heavy (non-hydrogen) atoms. The summed E-state index contributed by atoms with van der Waals surface area (Å²) in [6, 6.07) is 1.66. The molecule has 0 amide bonds. The van der Waals surface area contributed by atoms with E-state index in [1.165, 1.54) is 0 Å². The maximum absolute atomic E-state index is 10.8. The Morgan fingerprint density at radius 3 is 2.86 bits per heavy atom. The molecule has 1 rings (SSSR count). The van der Waals surface area contributed by atoms with E-state index < -0.39 is 10.8 Å². The Morgan fingerprint density at radius 2 is 2.29 bits per heavy atom. The monoisotopic (exact) mass is 214 g/mol. The molecule has 3 N–H and O–H groups in total. The van der Waals surface area contributed by atoms with Crippen LogP contribution in [0, 0.1) is 6.92 Å². The van der Waals surface area contributed by atoms with Crippen LogP contribution in [0.25, 0.3) is 0 Å². The Morgan fingerprint density at radius 1 is 1.57 bits per heavy atom. The lowest BCUT2D eigenvalue weighted by molar-refractivity contribution is 0.687. The first-order chi connectivity index (χ1) is 6.58. The molecule has 1 heterocycles. The van der Waals surface area contributed by atoms with Gasteiger partial charge in [-0.25, -0.2) is 9.97 Å². The average molecular weight is 214 g/mol. The maximum Gasteiger partial charge on any atom is 0.131 e. The average Bonchev–Trinajstić information content (AvgIpc) is 2.01. The van der Waals surface area contributed by atoms with Crippen LogP contribution in [0.15, 0.2) is 6.07 Å². The number of hydrogen-bond donors (Lipinski definition) is 2. The lowest BCUT2D eigenvalue weighted by atomic mass is 10.5. The largest absolute Gasteiger partial charge is 0.384 e. The zero-order chi connectivity index (χ0) is 10.6. The van der Waals surface area contributed by atoms with Gasteiger partial charge < -0.3 is 11.1 Å². The van der Waals surface area contributed by atoms with Crippen LogP contribution in [0.1, 0.15) is 5.82 Å². The number of nitrogen functional groups attached to an aromatic ring is 1. The molecule has 0 aromatic carbocycles. The van der Waals surface area contributed by atoms with E-state index in [4.69, 9.17) is 5.73 Å². The van der Waals surface area contributed by atoms with Crippen molar-refractivity contribution in [1.82, 2.24) is 9.97 Å².